The van der Waals surface area contributed by atoms with Crippen LogP contribution in [0.4, 0.5) is 0 Å². The molecule has 154 valence electrons. The summed E-state index contributed by atoms with van der Waals surface area (Å²) < 4.78 is 6.52. The van der Waals surface area contributed by atoms with Gasteiger partial charge < -0.3 is 9.84 Å². The van der Waals surface area contributed by atoms with E-state index in [1.165, 1.54) is 56.1 Å². The number of phenolic OH excluding ortho intramolecular Hbond substituents is 1. The number of benzene rings is 1. The molecule has 0 aromatic heterocycles. The van der Waals surface area contributed by atoms with Crippen LogP contribution in [0.15, 0.2) is 23.8 Å². The maximum atomic E-state index is 11.0. The molecule has 1 saturated carbocycles. The van der Waals surface area contributed by atoms with Gasteiger partial charge >= 0.3 is 0 Å². The molecule has 0 spiro atoms. The summed E-state index contributed by atoms with van der Waals surface area (Å²) in [5.41, 5.74) is 3.56. The van der Waals surface area contributed by atoms with E-state index in [-0.39, 0.29) is 5.60 Å². The third-order valence-corrected chi connectivity index (χ3v) is 7.76. The van der Waals surface area contributed by atoms with E-state index < -0.39 is 0 Å². The van der Waals surface area contributed by atoms with Crippen LogP contribution in [0.3, 0.4) is 0 Å². The van der Waals surface area contributed by atoms with E-state index >= 15 is 0 Å². The highest BCUT2D eigenvalue weighted by atomic mass is 16.5. The molecule has 1 aromatic rings. The molecule has 1 fully saturated rings. The lowest BCUT2D eigenvalue weighted by Crippen LogP contribution is -2.45. The van der Waals surface area contributed by atoms with Crippen LogP contribution >= 0.6 is 0 Å². The topological polar surface area (TPSA) is 29.5 Å². The van der Waals surface area contributed by atoms with Crippen molar-refractivity contribution in [3.05, 3.63) is 34.9 Å². The predicted octanol–water partition coefficient (Wildman–Crippen LogP) is 7.47. The Kier molecular flexibility index (Phi) is 5.51. The van der Waals surface area contributed by atoms with Gasteiger partial charge in [-0.3, -0.25) is 0 Å². The van der Waals surface area contributed by atoms with Crippen LogP contribution in [0.5, 0.6) is 11.5 Å². The summed E-state index contributed by atoms with van der Waals surface area (Å²) in [5, 5.41) is 11.0. The minimum atomic E-state index is -0.190. The van der Waals surface area contributed by atoms with Crippen molar-refractivity contribution in [2.45, 2.75) is 103 Å². The molecular formula is C26H38O2. The first-order valence-electron chi connectivity index (χ1n) is 11.6. The quantitative estimate of drug-likeness (QED) is 0.434. The molecule has 3 unspecified atom stereocenters. The number of aromatic hydroxyl groups is 1. The molecule has 0 bridgehead atoms. The third-order valence-electron chi connectivity index (χ3n) is 7.76. The van der Waals surface area contributed by atoms with E-state index in [1.54, 1.807) is 0 Å². The van der Waals surface area contributed by atoms with Crippen LogP contribution in [-0.4, -0.2) is 10.7 Å². The largest absolute Gasteiger partial charge is 0.508 e. The maximum Gasteiger partial charge on any atom is 0.127 e. The molecule has 28 heavy (non-hydrogen) atoms. The zero-order valence-electron chi connectivity index (χ0n) is 18.3. The maximum absolute atomic E-state index is 11.0. The molecule has 4 rings (SSSR count). The van der Waals surface area contributed by atoms with Crippen LogP contribution in [0.1, 0.15) is 108 Å². The zero-order valence-corrected chi connectivity index (χ0v) is 18.3. The van der Waals surface area contributed by atoms with Gasteiger partial charge in [0.1, 0.15) is 17.1 Å². The van der Waals surface area contributed by atoms with Gasteiger partial charge in [-0.05, 0) is 69.6 Å². The molecule has 3 aliphatic rings. The molecule has 1 aliphatic heterocycles. The van der Waals surface area contributed by atoms with Crippen molar-refractivity contribution in [3.8, 4) is 11.5 Å². The highest BCUT2D eigenvalue weighted by Gasteiger charge is 2.45. The smallest absolute Gasteiger partial charge is 0.127 e. The second-order valence-electron chi connectivity index (χ2n) is 10.4. The van der Waals surface area contributed by atoms with Crippen molar-refractivity contribution >= 4 is 0 Å². The number of hydrogen-bond donors (Lipinski definition) is 1. The summed E-state index contributed by atoms with van der Waals surface area (Å²) >= 11 is 0. The van der Waals surface area contributed by atoms with Crippen molar-refractivity contribution in [2.75, 3.05) is 0 Å². The Balaban J connectivity index is 1.61. The number of phenols is 1. The second kappa shape index (κ2) is 7.76. The van der Waals surface area contributed by atoms with E-state index in [0.29, 0.717) is 23.5 Å². The minimum Gasteiger partial charge on any atom is -0.508 e. The summed E-state index contributed by atoms with van der Waals surface area (Å²) in [6.07, 6.45) is 14.0. The van der Waals surface area contributed by atoms with Gasteiger partial charge in [-0.1, -0.05) is 57.1 Å². The number of hydrogen-bond acceptors (Lipinski definition) is 2. The number of ether oxygens (including phenoxy) is 1. The van der Waals surface area contributed by atoms with Gasteiger partial charge in [0.25, 0.3) is 0 Å². The van der Waals surface area contributed by atoms with Gasteiger partial charge in [-0.2, -0.15) is 0 Å². The number of rotatable bonds is 3. The summed E-state index contributed by atoms with van der Waals surface area (Å²) in [5.74, 6) is 3.50. The van der Waals surface area contributed by atoms with E-state index in [1.807, 2.05) is 6.07 Å². The molecular weight excluding hydrogens is 344 g/mol. The van der Waals surface area contributed by atoms with Crippen LogP contribution in [-0.2, 0) is 0 Å². The minimum absolute atomic E-state index is 0.190. The van der Waals surface area contributed by atoms with Gasteiger partial charge in [-0.25, -0.2) is 0 Å². The van der Waals surface area contributed by atoms with Gasteiger partial charge in [0.2, 0.25) is 0 Å². The third kappa shape index (κ3) is 3.84. The van der Waals surface area contributed by atoms with Crippen molar-refractivity contribution in [1.29, 1.82) is 0 Å². The first-order valence-corrected chi connectivity index (χ1v) is 11.6. The van der Waals surface area contributed by atoms with Crippen LogP contribution in [0.25, 0.3) is 0 Å². The summed E-state index contributed by atoms with van der Waals surface area (Å²) in [6, 6.07) is 4.30. The Morgan fingerprint density at radius 2 is 1.86 bits per heavy atom. The van der Waals surface area contributed by atoms with Crippen LogP contribution in [0.2, 0.25) is 0 Å². The molecule has 1 N–H and O–H groups in total. The van der Waals surface area contributed by atoms with Gasteiger partial charge in [0.05, 0.1) is 0 Å². The fourth-order valence-corrected chi connectivity index (χ4v) is 6.11. The molecule has 0 amide bonds. The summed E-state index contributed by atoms with van der Waals surface area (Å²) in [7, 11) is 0. The highest BCUT2D eigenvalue weighted by Crippen LogP contribution is 2.54. The standard InChI is InChI=1S/C26H38O2/c1-17-11-12-22-21(13-17)25-23(27)15-20(16-24(25)28-26(22,3)4)18(2)14-19-9-7-5-6-8-10-19/h11,15-16,18-19,21-22,27H,5-10,12-14H2,1-4H3. The number of fused-ring (bicyclic) bond motifs is 3. The lowest BCUT2D eigenvalue weighted by atomic mass is 9.67. The Morgan fingerprint density at radius 3 is 2.57 bits per heavy atom. The van der Waals surface area contributed by atoms with Crippen LogP contribution < -0.4 is 4.74 Å². The first-order chi connectivity index (χ1) is 13.3. The molecule has 3 atom stereocenters. The molecule has 1 heterocycles. The van der Waals surface area contributed by atoms with E-state index in [4.69, 9.17) is 4.74 Å². The average molecular weight is 383 g/mol. The zero-order chi connectivity index (χ0) is 19.9. The normalized spacial score (nSPS) is 28.4. The molecule has 2 aliphatic carbocycles. The second-order valence-corrected chi connectivity index (χ2v) is 10.4. The van der Waals surface area contributed by atoms with Gasteiger partial charge in [0.15, 0.2) is 0 Å². The lowest BCUT2D eigenvalue weighted by molar-refractivity contribution is 0.00748. The fraction of sp³-hybridized carbons (Fsp3) is 0.692. The monoisotopic (exact) mass is 382 g/mol. The molecule has 0 saturated heterocycles. The molecule has 1 aromatic carbocycles. The first kappa shape index (κ1) is 19.9. The van der Waals surface area contributed by atoms with E-state index in [0.717, 1.165) is 30.1 Å². The lowest BCUT2D eigenvalue weighted by Gasteiger charge is -2.47. The van der Waals surface area contributed by atoms with Crippen molar-refractivity contribution < 1.29 is 9.84 Å². The highest BCUT2D eigenvalue weighted by molar-refractivity contribution is 5.53. The van der Waals surface area contributed by atoms with E-state index in [9.17, 15) is 5.11 Å². The Hall–Kier alpha value is -1.44. The summed E-state index contributed by atoms with van der Waals surface area (Å²) in [4.78, 5) is 0. The SMILES string of the molecule is CC1=CCC2C(C1)c1c(O)cc(C(C)CC3CCCCCC3)cc1OC2(C)C. The van der Waals surface area contributed by atoms with Crippen molar-refractivity contribution in [1.82, 2.24) is 0 Å². The predicted molar refractivity (Wildman–Crippen MR) is 116 cm³/mol. The van der Waals surface area contributed by atoms with Gasteiger partial charge in [0, 0.05) is 17.4 Å². The van der Waals surface area contributed by atoms with Crippen LogP contribution in [0, 0.1) is 11.8 Å². The van der Waals surface area contributed by atoms with Crippen molar-refractivity contribution in [3.63, 3.8) is 0 Å². The number of allylic oxidation sites excluding steroid dienone is 2. The molecule has 2 heteroatoms. The van der Waals surface area contributed by atoms with Gasteiger partial charge in [-0.15, -0.1) is 0 Å². The summed E-state index contributed by atoms with van der Waals surface area (Å²) in [6.45, 7) is 9.00. The average Bonchev–Trinajstić information content (AvgIpc) is 2.89. The molecule has 0 radical (unpaired) electrons. The Labute approximate surface area is 171 Å². The van der Waals surface area contributed by atoms with E-state index in [2.05, 4.69) is 39.8 Å². The molecule has 2 nitrogen and oxygen atoms in total. The fourth-order valence-electron chi connectivity index (χ4n) is 6.11. The van der Waals surface area contributed by atoms with Crippen molar-refractivity contribution in [2.24, 2.45) is 11.8 Å². The Morgan fingerprint density at radius 1 is 1.14 bits per heavy atom. The Bertz CT molecular complexity index is 737.